The Hall–Kier alpha value is -2.11. The molecule has 0 bridgehead atoms. The number of hydrogen-bond acceptors (Lipinski definition) is 5. The highest BCUT2D eigenvalue weighted by atomic mass is 16.5. The molecule has 1 saturated carbocycles. The summed E-state index contributed by atoms with van der Waals surface area (Å²) < 4.78 is 9.87. The Bertz CT molecular complexity index is 460. The number of rotatable bonds is 9. The van der Waals surface area contributed by atoms with Gasteiger partial charge in [0, 0.05) is 12.3 Å². The molecule has 1 amide bonds. The molecule has 3 unspecified atom stereocenters. The monoisotopic (exact) mass is 323 g/mol. The third-order valence-corrected chi connectivity index (χ3v) is 3.84. The van der Waals surface area contributed by atoms with Crippen molar-refractivity contribution in [3.63, 3.8) is 0 Å². The van der Waals surface area contributed by atoms with Gasteiger partial charge in [-0.15, -0.1) is 0 Å². The summed E-state index contributed by atoms with van der Waals surface area (Å²) >= 11 is 0. The number of esters is 2. The molecule has 0 aromatic heterocycles. The Kier molecular flexibility index (Phi) is 8.08. The molecule has 23 heavy (non-hydrogen) atoms. The van der Waals surface area contributed by atoms with Crippen molar-refractivity contribution in [1.29, 1.82) is 0 Å². The van der Waals surface area contributed by atoms with Gasteiger partial charge in [0.05, 0.1) is 0 Å². The van der Waals surface area contributed by atoms with Crippen LogP contribution in [0.1, 0.15) is 32.6 Å². The van der Waals surface area contributed by atoms with Crippen molar-refractivity contribution in [1.82, 2.24) is 5.32 Å². The van der Waals surface area contributed by atoms with Gasteiger partial charge in [-0.05, 0) is 25.7 Å². The summed E-state index contributed by atoms with van der Waals surface area (Å²) in [5, 5.41) is 2.66. The molecule has 1 fully saturated rings. The van der Waals surface area contributed by atoms with E-state index in [-0.39, 0.29) is 43.3 Å². The Balaban J connectivity index is 2.50. The van der Waals surface area contributed by atoms with Crippen LogP contribution in [-0.2, 0) is 23.9 Å². The summed E-state index contributed by atoms with van der Waals surface area (Å²) in [7, 11) is 0. The fourth-order valence-corrected chi connectivity index (χ4v) is 2.70. The number of nitrogens with one attached hydrogen (secondary N) is 1. The highest BCUT2D eigenvalue weighted by molar-refractivity contribution is 5.86. The van der Waals surface area contributed by atoms with Gasteiger partial charge in [0.1, 0.15) is 19.3 Å². The fraction of sp³-hybridized carbons (Fsp3) is 0.588. The molecule has 0 aromatic carbocycles. The molecule has 1 N–H and O–H groups in total. The molecule has 128 valence electrons. The minimum absolute atomic E-state index is 0.0521. The number of carbonyl (C=O) groups is 3. The second-order valence-corrected chi connectivity index (χ2v) is 5.62. The van der Waals surface area contributed by atoms with Gasteiger partial charge in [-0.2, -0.15) is 0 Å². The van der Waals surface area contributed by atoms with E-state index in [1.165, 1.54) is 12.2 Å². The van der Waals surface area contributed by atoms with Gasteiger partial charge in [-0.25, -0.2) is 4.79 Å². The van der Waals surface area contributed by atoms with E-state index in [1.54, 1.807) is 6.92 Å². The molecule has 1 aliphatic carbocycles. The topological polar surface area (TPSA) is 81.7 Å². The van der Waals surface area contributed by atoms with Crippen molar-refractivity contribution in [3.8, 4) is 0 Å². The summed E-state index contributed by atoms with van der Waals surface area (Å²) in [6, 6.07) is -0.726. The van der Waals surface area contributed by atoms with Gasteiger partial charge in [0.25, 0.3) is 0 Å². The molecular formula is C17H25NO5. The average molecular weight is 323 g/mol. The van der Waals surface area contributed by atoms with Gasteiger partial charge in [0.15, 0.2) is 0 Å². The van der Waals surface area contributed by atoms with Crippen LogP contribution in [0.25, 0.3) is 0 Å². The Morgan fingerprint density at radius 2 is 1.83 bits per heavy atom. The normalized spacial score (nSPS) is 21.1. The van der Waals surface area contributed by atoms with Crippen LogP contribution in [0.4, 0.5) is 0 Å². The SMILES string of the molecule is C=CCOC(=O)CC1CCCC1C(=O)NC(C)C(=O)OCC=C. The fourth-order valence-electron chi connectivity index (χ4n) is 2.70. The zero-order valence-corrected chi connectivity index (χ0v) is 13.6. The second-order valence-electron chi connectivity index (χ2n) is 5.62. The molecule has 6 heteroatoms. The number of ether oxygens (including phenoxy) is 2. The number of hydrogen-bond donors (Lipinski definition) is 1. The first kappa shape index (κ1) is 18.9. The maximum Gasteiger partial charge on any atom is 0.328 e. The Labute approximate surface area is 136 Å². The van der Waals surface area contributed by atoms with Crippen molar-refractivity contribution in [3.05, 3.63) is 25.3 Å². The third-order valence-electron chi connectivity index (χ3n) is 3.84. The molecular weight excluding hydrogens is 298 g/mol. The molecule has 0 spiro atoms. The molecule has 3 atom stereocenters. The van der Waals surface area contributed by atoms with Crippen LogP contribution in [0.5, 0.6) is 0 Å². The average Bonchev–Trinajstić information content (AvgIpc) is 2.98. The lowest BCUT2D eigenvalue weighted by molar-refractivity contribution is -0.147. The van der Waals surface area contributed by atoms with Gasteiger partial charge in [0.2, 0.25) is 5.91 Å². The van der Waals surface area contributed by atoms with Gasteiger partial charge in [-0.1, -0.05) is 31.7 Å². The van der Waals surface area contributed by atoms with Crippen LogP contribution in [-0.4, -0.2) is 37.1 Å². The predicted octanol–water partition coefficient (Wildman–Crippen LogP) is 1.76. The molecule has 0 aromatic rings. The minimum Gasteiger partial charge on any atom is -0.461 e. The lowest BCUT2D eigenvalue weighted by Gasteiger charge is -2.20. The summed E-state index contributed by atoms with van der Waals surface area (Å²) in [6.07, 6.45) is 5.58. The summed E-state index contributed by atoms with van der Waals surface area (Å²) in [4.78, 5) is 35.7. The summed E-state index contributed by atoms with van der Waals surface area (Å²) in [6.45, 7) is 8.81. The third kappa shape index (κ3) is 6.26. The second kappa shape index (κ2) is 9.82. The van der Waals surface area contributed by atoms with Crippen LogP contribution < -0.4 is 5.32 Å². The predicted molar refractivity (Wildman–Crippen MR) is 85.4 cm³/mol. The van der Waals surface area contributed by atoms with E-state index < -0.39 is 12.0 Å². The molecule has 0 saturated heterocycles. The molecule has 0 radical (unpaired) electrons. The lowest BCUT2D eigenvalue weighted by Crippen LogP contribution is -2.43. The van der Waals surface area contributed by atoms with Gasteiger partial charge < -0.3 is 14.8 Å². The smallest absolute Gasteiger partial charge is 0.328 e. The highest BCUT2D eigenvalue weighted by Gasteiger charge is 2.35. The Morgan fingerprint density at radius 1 is 1.17 bits per heavy atom. The lowest BCUT2D eigenvalue weighted by atomic mass is 9.92. The van der Waals surface area contributed by atoms with Crippen LogP contribution in [0.2, 0.25) is 0 Å². The van der Waals surface area contributed by atoms with Crippen LogP contribution in [0.3, 0.4) is 0 Å². The van der Waals surface area contributed by atoms with E-state index in [0.29, 0.717) is 6.42 Å². The van der Waals surface area contributed by atoms with Crippen LogP contribution in [0, 0.1) is 11.8 Å². The van der Waals surface area contributed by atoms with Crippen LogP contribution >= 0.6 is 0 Å². The number of carbonyl (C=O) groups excluding carboxylic acids is 3. The molecule has 6 nitrogen and oxygen atoms in total. The number of amides is 1. The first-order valence-electron chi connectivity index (χ1n) is 7.84. The highest BCUT2D eigenvalue weighted by Crippen LogP contribution is 2.34. The van der Waals surface area contributed by atoms with E-state index in [1.807, 2.05) is 0 Å². The minimum atomic E-state index is -0.726. The quantitative estimate of drug-likeness (QED) is 0.516. The molecule has 0 heterocycles. The maximum atomic E-state index is 12.3. The van der Waals surface area contributed by atoms with Crippen molar-refractivity contribution in [2.45, 2.75) is 38.6 Å². The summed E-state index contributed by atoms with van der Waals surface area (Å²) in [5.41, 5.74) is 0. The van der Waals surface area contributed by atoms with E-state index in [9.17, 15) is 14.4 Å². The van der Waals surface area contributed by atoms with Crippen LogP contribution in [0.15, 0.2) is 25.3 Å². The van der Waals surface area contributed by atoms with Crippen molar-refractivity contribution in [2.24, 2.45) is 11.8 Å². The van der Waals surface area contributed by atoms with E-state index in [2.05, 4.69) is 18.5 Å². The first-order valence-corrected chi connectivity index (χ1v) is 7.84. The van der Waals surface area contributed by atoms with Crippen molar-refractivity contribution < 1.29 is 23.9 Å². The largest absolute Gasteiger partial charge is 0.461 e. The van der Waals surface area contributed by atoms with E-state index >= 15 is 0 Å². The standard InChI is InChI=1S/C17H25NO5/c1-4-9-22-15(19)11-13-7-6-8-14(13)16(20)18-12(3)17(21)23-10-5-2/h4-5,12-14H,1-2,6-11H2,3H3,(H,18,20). The Morgan fingerprint density at radius 3 is 2.48 bits per heavy atom. The van der Waals surface area contributed by atoms with E-state index in [0.717, 1.165) is 12.8 Å². The van der Waals surface area contributed by atoms with E-state index in [4.69, 9.17) is 9.47 Å². The zero-order chi connectivity index (χ0) is 17.2. The maximum absolute atomic E-state index is 12.3. The molecule has 0 aliphatic heterocycles. The molecule has 1 aliphatic rings. The molecule has 1 rings (SSSR count). The van der Waals surface area contributed by atoms with Gasteiger partial charge >= 0.3 is 11.9 Å². The zero-order valence-electron chi connectivity index (χ0n) is 13.6. The van der Waals surface area contributed by atoms with Crippen molar-refractivity contribution >= 4 is 17.8 Å². The van der Waals surface area contributed by atoms with Gasteiger partial charge in [-0.3, -0.25) is 9.59 Å². The van der Waals surface area contributed by atoms with Crippen molar-refractivity contribution in [2.75, 3.05) is 13.2 Å². The first-order chi connectivity index (χ1) is 11.0. The summed E-state index contributed by atoms with van der Waals surface area (Å²) in [5.74, 6) is -1.37.